The zero-order valence-electron chi connectivity index (χ0n) is 43.2. The average Bonchev–Trinajstić information content (AvgIpc) is 4.07. The molecule has 11 rings (SSSR count). The molecular formula is C68H69N3O. The molecule has 4 nitrogen and oxygen atoms in total. The molecule has 0 amide bonds. The second-order valence-corrected chi connectivity index (χ2v) is 23.0. The van der Waals surface area contributed by atoms with Crippen LogP contribution in [-0.2, 0) is 17.3 Å². The minimum atomic E-state index is -0.322. The number of aromatic nitrogens is 3. The summed E-state index contributed by atoms with van der Waals surface area (Å²) in [5.41, 5.74) is 19.0. The van der Waals surface area contributed by atoms with Gasteiger partial charge in [-0.3, -0.25) is 9.55 Å². The zero-order chi connectivity index (χ0) is 49.6. The summed E-state index contributed by atoms with van der Waals surface area (Å²) in [5.74, 6) is 2.38. The summed E-state index contributed by atoms with van der Waals surface area (Å²) in [4.78, 5) is 10.8. The number of hydrogen-bond acceptors (Lipinski definition) is 3. The van der Waals surface area contributed by atoms with E-state index in [1.165, 1.54) is 74.5 Å². The van der Waals surface area contributed by atoms with Gasteiger partial charge >= 0.3 is 0 Å². The summed E-state index contributed by atoms with van der Waals surface area (Å²) in [6.07, 6.45) is 14.9. The summed E-state index contributed by atoms with van der Waals surface area (Å²) < 4.78 is 2.33. The van der Waals surface area contributed by atoms with E-state index in [9.17, 15) is 5.11 Å². The van der Waals surface area contributed by atoms with Crippen LogP contribution in [0.25, 0.3) is 83.9 Å². The molecule has 7 aromatic carbocycles. The molecule has 0 aliphatic heterocycles. The fourth-order valence-corrected chi connectivity index (χ4v) is 11.7. The van der Waals surface area contributed by atoms with Crippen LogP contribution >= 0.6 is 0 Å². The lowest BCUT2D eigenvalue weighted by molar-refractivity contribution is 0.443. The summed E-state index contributed by atoms with van der Waals surface area (Å²) in [6, 6.07) is 60.1. The molecule has 0 spiro atoms. The van der Waals surface area contributed by atoms with Crippen LogP contribution in [0.5, 0.6) is 5.75 Å². The molecule has 2 aromatic heterocycles. The number of pyridine rings is 1. The van der Waals surface area contributed by atoms with Gasteiger partial charge in [0, 0.05) is 28.5 Å². The van der Waals surface area contributed by atoms with Crippen molar-refractivity contribution < 1.29 is 5.11 Å². The number of nitrogens with zero attached hydrogens (tertiary/aromatic N) is 3. The van der Waals surface area contributed by atoms with E-state index >= 15 is 0 Å². The van der Waals surface area contributed by atoms with Gasteiger partial charge in [-0.25, -0.2) is 4.98 Å². The second kappa shape index (κ2) is 19.5. The number of aromatic hydroxyl groups is 1. The highest BCUT2D eigenvalue weighted by molar-refractivity contribution is 5.98. The highest BCUT2D eigenvalue weighted by atomic mass is 16.3. The van der Waals surface area contributed by atoms with Crippen molar-refractivity contribution in [3.8, 4) is 78.6 Å². The molecule has 362 valence electrons. The third-order valence-electron chi connectivity index (χ3n) is 15.8. The Kier molecular flexibility index (Phi) is 12.8. The van der Waals surface area contributed by atoms with Gasteiger partial charge in [0.2, 0.25) is 0 Å². The number of fused-ring (bicyclic) bond motifs is 1. The van der Waals surface area contributed by atoms with E-state index in [0.29, 0.717) is 11.8 Å². The molecule has 0 bridgehead atoms. The molecule has 2 heterocycles. The lowest BCUT2D eigenvalue weighted by Gasteiger charge is -2.27. The maximum Gasteiger partial charge on any atom is 0.149 e. The van der Waals surface area contributed by atoms with Crippen molar-refractivity contribution >= 4 is 11.0 Å². The first-order chi connectivity index (χ1) is 34.9. The summed E-state index contributed by atoms with van der Waals surface area (Å²) in [6.45, 7) is 13.3. The first-order valence-corrected chi connectivity index (χ1v) is 26.7. The van der Waals surface area contributed by atoms with Crippen molar-refractivity contribution in [2.24, 2.45) is 5.92 Å². The number of rotatable bonds is 10. The normalized spacial score (nSPS) is 14.9. The average molecular weight is 944 g/mol. The van der Waals surface area contributed by atoms with E-state index in [1.54, 1.807) is 0 Å². The molecule has 72 heavy (non-hydrogen) atoms. The van der Waals surface area contributed by atoms with Gasteiger partial charge in [0.1, 0.15) is 11.6 Å². The van der Waals surface area contributed by atoms with Gasteiger partial charge in [-0.05, 0) is 147 Å². The van der Waals surface area contributed by atoms with Crippen molar-refractivity contribution in [2.75, 3.05) is 0 Å². The van der Waals surface area contributed by atoms with Crippen molar-refractivity contribution in [1.29, 1.82) is 0 Å². The van der Waals surface area contributed by atoms with Crippen molar-refractivity contribution in [3.05, 3.63) is 192 Å². The van der Waals surface area contributed by atoms with E-state index < -0.39 is 0 Å². The van der Waals surface area contributed by atoms with Gasteiger partial charge in [0.15, 0.2) is 0 Å². The first kappa shape index (κ1) is 47.3. The predicted octanol–water partition coefficient (Wildman–Crippen LogP) is 18.5. The van der Waals surface area contributed by atoms with Crippen LogP contribution in [0, 0.1) is 5.92 Å². The molecule has 9 aromatic rings. The largest absolute Gasteiger partial charge is 0.507 e. The highest BCUT2D eigenvalue weighted by Gasteiger charge is 2.30. The molecule has 2 fully saturated rings. The Labute approximate surface area is 427 Å². The van der Waals surface area contributed by atoms with Crippen LogP contribution in [0.3, 0.4) is 0 Å². The lowest BCUT2D eigenvalue weighted by Crippen LogP contribution is -2.17. The Morgan fingerprint density at radius 3 is 1.89 bits per heavy atom. The Balaban J connectivity index is 1.13. The lowest BCUT2D eigenvalue weighted by atomic mass is 9.79. The maximum absolute atomic E-state index is 12.7. The standard InChI is InChI=1S/C68H69N3O/c1-67(2,3)56-43-59(65(72)60(44-56)68(4,5)6)66-70-64-57(27-18-28-63(64)71(66)62-34-29-46(37-45-19-16-17-20-45)38-58(62)51-25-14-9-15-26-51)54-39-53(48-23-12-8-13-24-48)40-55(41-54)61-42-52(35-36-69-61)50-32-30-49(31-33-50)47-21-10-7-11-22-47/h8-9,12-15,18,23-36,38-45,47,72H,7,10-11,16-17,19-22,37H2,1-6H3. The monoisotopic (exact) mass is 944 g/mol. The van der Waals surface area contributed by atoms with Gasteiger partial charge in [-0.1, -0.05) is 196 Å². The summed E-state index contributed by atoms with van der Waals surface area (Å²) >= 11 is 0. The smallest absolute Gasteiger partial charge is 0.149 e. The minimum Gasteiger partial charge on any atom is -0.507 e. The van der Waals surface area contributed by atoms with Crippen LogP contribution in [0.1, 0.15) is 128 Å². The molecular weight excluding hydrogens is 875 g/mol. The van der Waals surface area contributed by atoms with Crippen LogP contribution in [-0.4, -0.2) is 19.6 Å². The van der Waals surface area contributed by atoms with E-state index in [4.69, 9.17) is 9.97 Å². The van der Waals surface area contributed by atoms with E-state index in [0.717, 1.165) is 95.9 Å². The molecule has 1 N–H and O–H groups in total. The quantitative estimate of drug-likeness (QED) is 0.149. The van der Waals surface area contributed by atoms with Crippen LogP contribution in [0.2, 0.25) is 0 Å². The van der Waals surface area contributed by atoms with Gasteiger partial charge in [0.05, 0.1) is 28.0 Å². The van der Waals surface area contributed by atoms with Crippen molar-refractivity contribution in [2.45, 2.75) is 122 Å². The number of hydrogen-bond donors (Lipinski definition) is 1. The topological polar surface area (TPSA) is 50.9 Å². The highest BCUT2D eigenvalue weighted by Crippen LogP contribution is 2.46. The van der Waals surface area contributed by atoms with E-state index in [2.05, 4.69) is 210 Å². The fraction of sp³-hybridized carbons (Fsp3) is 0.294. The fourth-order valence-electron chi connectivity index (χ4n) is 11.7. The predicted molar refractivity (Wildman–Crippen MR) is 302 cm³/mol. The molecule has 0 radical (unpaired) electrons. The van der Waals surface area contributed by atoms with Crippen LogP contribution < -0.4 is 0 Å². The summed E-state index contributed by atoms with van der Waals surface area (Å²) in [5, 5.41) is 12.7. The number of phenols is 1. The van der Waals surface area contributed by atoms with E-state index in [-0.39, 0.29) is 16.6 Å². The SMILES string of the molecule is CC(C)(C)c1cc(-c2nc3c(-c4cc(-c5ccccc5)cc(-c5cc(-c6ccc(C7CCCCC7)cc6)ccn5)c4)cccc3n2-c2ccc(CC3CCCC3)cc2-c2ccccc2)c(O)c(C(C)(C)C)c1. The number of imidazole rings is 1. The Morgan fingerprint density at radius 2 is 1.18 bits per heavy atom. The van der Waals surface area contributed by atoms with Crippen LogP contribution in [0.15, 0.2) is 170 Å². The Hall–Kier alpha value is -7.04. The van der Waals surface area contributed by atoms with E-state index in [1.807, 2.05) is 6.20 Å². The number of para-hydroxylation sites is 1. The van der Waals surface area contributed by atoms with Crippen LogP contribution in [0.4, 0.5) is 0 Å². The Morgan fingerprint density at radius 1 is 0.514 bits per heavy atom. The van der Waals surface area contributed by atoms with Gasteiger partial charge in [0.25, 0.3) is 0 Å². The van der Waals surface area contributed by atoms with Crippen molar-refractivity contribution in [3.63, 3.8) is 0 Å². The van der Waals surface area contributed by atoms with Gasteiger partial charge in [-0.15, -0.1) is 0 Å². The third kappa shape index (κ3) is 9.57. The van der Waals surface area contributed by atoms with Crippen molar-refractivity contribution in [1.82, 2.24) is 14.5 Å². The molecule has 0 saturated heterocycles. The number of benzene rings is 7. The third-order valence-corrected chi connectivity index (χ3v) is 15.8. The van der Waals surface area contributed by atoms with Gasteiger partial charge in [-0.2, -0.15) is 0 Å². The second-order valence-electron chi connectivity index (χ2n) is 23.0. The molecule has 0 atom stereocenters. The zero-order valence-corrected chi connectivity index (χ0v) is 43.2. The Bertz CT molecular complexity index is 3370. The molecule has 2 saturated carbocycles. The molecule has 4 heteroatoms. The minimum absolute atomic E-state index is 0.181. The summed E-state index contributed by atoms with van der Waals surface area (Å²) in [7, 11) is 0. The maximum atomic E-state index is 12.7. The molecule has 2 aliphatic carbocycles. The number of phenolic OH excluding ortho intramolecular Hbond substituents is 1. The molecule has 2 aliphatic rings. The first-order valence-electron chi connectivity index (χ1n) is 26.7. The van der Waals surface area contributed by atoms with Gasteiger partial charge < -0.3 is 5.11 Å². The molecule has 0 unspecified atom stereocenters.